The van der Waals surface area contributed by atoms with Crippen LogP contribution < -0.4 is 5.32 Å². The van der Waals surface area contributed by atoms with Gasteiger partial charge < -0.3 is 5.32 Å². The van der Waals surface area contributed by atoms with Crippen LogP contribution in [0.1, 0.15) is 42.4 Å². The fraction of sp³-hybridized carbons (Fsp3) is 0.438. The molecule has 2 aromatic rings. The maximum absolute atomic E-state index is 13.7. The van der Waals surface area contributed by atoms with E-state index < -0.39 is 0 Å². The van der Waals surface area contributed by atoms with Crippen LogP contribution in [0.25, 0.3) is 10.6 Å². The smallest absolute Gasteiger partial charge is 0.126 e. The van der Waals surface area contributed by atoms with E-state index in [2.05, 4.69) is 24.1 Å². The number of nitrogens with zero attached hydrogens (tertiary/aromatic N) is 1. The lowest BCUT2D eigenvalue weighted by Crippen LogP contribution is -2.18. The molecule has 0 spiro atoms. The van der Waals surface area contributed by atoms with Crippen LogP contribution in [0.15, 0.2) is 18.2 Å². The molecule has 108 valence electrons. The molecule has 1 atom stereocenters. The molecule has 1 aromatic heterocycles. The summed E-state index contributed by atoms with van der Waals surface area (Å²) in [6.45, 7) is 9.08. The fourth-order valence-corrected chi connectivity index (χ4v) is 3.20. The summed E-state index contributed by atoms with van der Waals surface area (Å²) in [7, 11) is 0. The first-order chi connectivity index (χ1) is 9.52. The summed E-state index contributed by atoms with van der Waals surface area (Å²) in [5, 5.41) is 4.36. The molecule has 20 heavy (non-hydrogen) atoms. The number of nitrogens with one attached hydrogen (secondary N) is 1. The predicted octanol–water partition coefficient (Wildman–Crippen LogP) is 4.63. The molecule has 0 bridgehead atoms. The molecule has 0 amide bonds. The van der Waals surface area contributed by atoms with Crippen molar-refractivity contribution in [2.75, 3.05) is 6.54 Å². The van der Waals surface area contributed by atoms with E-state index in [-0.39, 0.29) is 11.9 Å². The van der Waals surface area contributed by atoms with Crippen LogP contribution in [0, 0.1) is 19.7 Å². The topological polar surface area (TPSA) is 24.9 Å². The van der Waals surface area contributed by atoms with Gasteiger partial charge in [0.25, 0.3) is 0 Å². The molecule has 1 unspecified atom stereocenters. The third kappa shape index (κ3) is 3.25. The minimum atomic E-state index is -0.172. The lowest BCUT2D eigenvalue weighted by molar-refractivity contribution is 0.575. The normalized spacial score (nSPS) is 12.7. The van der Waals surface area contributed by atoms with Crippen molar-refractivity contribution in [3.8, 4) is 10.6 Å². The van der Waals surface area contributed by atoms with E-state index in [9.17, 15) is 4.39 Å². The van der Waals surface area contributed by atoms with Gasteiger partial charge in [0.2, 0.25) is 0 Å². The number of aryl methyl sites for hydroxylation is 2. The Bertz CT molecular complexity index is 592. The Kier molecular flexibility index (Phi) is 4.89. The maximum atomic E-state index is 13.7. The molecule has 1 heterocycles. The lowest BCUT2D eigenvalue weighted by atomic mass is 10.1. The second-order valence-corrected chi connectivity index (χ2v) is 6.14. The van der Waals surface area contributed by atoms with Crippen molar-refractivity contribution in [1.29, 1.82) is 0 Å². The van der Waals surface area contributed by atoms with Crippen LogP contribution in [0.3, 0.4) is 0 Å². The highest BCUT2D eigenvalue weighted by molar-refractivity contribution is 7.15. The van der Waals surface area contributed by atoms with Gasteiger partial charge in [-0.05, 0) is 45.4 Å². The van der Waals surface area contributed by atoms with Gasteiger partial charge in [-0.3, -0.25) is 0 Å². The minimum absolute atomic E-state index is 0.172. The van der Waals surface area contributed by atoms with Gasteiger partial charge in [-0.25, -0.2) is 9.37 Å². The molecule has 1 aromatic carbocycles. The number of thiazole rings is 1. The summed E-state index contributed by atoms with van der Waals surface area (Å²) in [4.78, 5) is 5.82. The molecule has 2 nitrogen and oxygen atoms in total. The van der Waals surface area contributed by atoms with Crippen LogP contribution in [0.2, 0.25) is 0 Å². The number of halogens is 1. The molecule has 0 saturated carbocycles. The van der Waals surface area contributed by atoms with Crippen LogP contribution in [0.5, 0.6) is 0 Å². The standard InChI is InChI=1S/C16H21FN2S/c1-5-8-18-11(3)15-12(4)19-16(20-15)13-7-6-10(2)14(17)9-13/h6-7,9,11,18H,5,8H2,1-4H3. The second-order valence-electron chi connectivity index (χ2n) is 5.11. The summed E-state index contributed by atoms with van der Waals surface area (Å²) in [5.74, 6) is -0.172. The van der Waals surface area contributed by atoms with E-state index >= 15 is 0 Å². The summed E-state index contributed by atoms with van der Waals surface area (Å²) in [6.07, 6.45) is 1.11. The largest absolute Gasteiger partial charge is 0.309 e. The summed E-state index contributed by atoms with van der Waals surface area (Å²) in [5.41, 5.74) is 2.55. The Morgan fingerprint density at radius 2 is 2.10 bits per heavy atom. The highest BCUT2D eigenvalue weighted by Gasteiger charge is 2.15. The lowest BCUT2D eigenvalue weighted by Gasteiger charge is -2.11. The zero-order valence-electron chi connectivity index (χ0n) is 12.5. The van der Waals surface area contributed by atoms with Gasteiger partial charge in [0.05, 0.1) is 5.69 Å². The Balaban J connectivity index is 2.28. The third-order valence-electron chi connectivity index (χ3n) is 3.35. The van der Waals surface area contributed by atoms with Gasteiger partial charge in [-0.1, -0.05) is 19.1 Å². The van der Waals surface area contributed by atoms with Crippen molar-refractivity contribution < 1.29 is 4.39 Å². The second kappa shape index (κ2) is 6.46. The quantitative estimate of drug-likeness (QED) is 0.869. The van der Waals surface area contributed by atoms with E-state index in [4.69, 9.17) is 0 Å². The van der Waals surface area contributed by atoms with Crippen LogP contribution in [-0.4, -0.2) is 11.5 Å². The summed E-state index contributed by atoms with van der Waals surface area (Å²) >= 11 is 1.65. The number of rotatable bonds is 5. The molecule has 0 radical (unpaired) electrons. The van der Waals surface area contributed by atoms with Gasteiger partial charge in [0, 0.05) is 16.5 Å². The SMILES string of the molecule is CCCNC(C)c1sc(-c2ccc(C)c(F)c2)nc1C. The van der Waals surface area contributed by atoms with Gasteiger partial charge in [0.15, 0.2) is 0 Å². The molecule has 1 N–H and O–H groups in total. The maximum Gasteiger partial charge on any atom is 0.126 e. The molecule has 0 aliphatic carbocycles. The Morgan fingerprint density at radius 3 is 2.75 bits per heavy atom. The van der Waals surface area contributed by atoms with Crippen molar-refractivity contribution in [2.24, 2.45) is 0 Å². The first kappa shape index (κ1) is 15.1. The average Bonchev–Trinajstić information content (AvgIpc) is 2.81. The van der Waals surface area contributed by atoms with E-state index in [0.29, 0.717) is 5.56 Å². The summed E-state index contributed by atoms with van der Waals surface area (Å²) in [6, 6.07) is 5.60. The highest BCUT2D eigenvalue weighted by Crippen LogP contribution is 2.32. The highest BCUT2D eigenvalue weighted by atomic mass is 32.1. The van der Waals surface area contributed by atoms with Gasteiger partial charge >= 0.3 is 0 Å². The Hall–Kier alpha value is -1.26. The molecule has 0 aliphatic heterocycles. The van der Waals surface area contributed by atoms with E-state index in [1.165, 1.54) is 4.88 Å². The first-order valence-electron chi connectivity index (χ1n) is 7.00. The van der Waals surface area contributed by atoms with E-state index in [1.54, 1.807) is 30.4 Å². The average molecular weight is 292 g/mol. The Labute approximate surface area is 124 Å². The van der Waals surface area contributed by atoms with E-state index in [0.717, 1.165) is 29.2 Å². The van der Waals surface area contributed by atoms with Crippen molar-refractivity contribution in [3.63, 3.8) is 0 Å². The summed E-state index contributed by atoms with van der Waals surface area (Å²) < 4.78 is 13.7. The molecule has 0 fully saturated rings. The Morgan fingerprint density at radius 1 is 1.35 bits per heavy atom. The van der Waals surface area contributed by atoms with Gasteiger partial charge in [0.1, 0.15) is 10.8 Å². The molecule has 0 aliphatic rings. The van der Waals surface area contributed by atoms with Crippen molar-refractivity contribution in [3.05, 3.63) is 40.2 Å². The first-order valence-corrected chi connectivity index (χ1v) is 7.81. The van der Waals surface area contributed by atoms with Crippen LogP contribution in [-0.2, 0) is 0 Å². The number of benzene rings is 1. The van der Waals surface area contributed by atoms with Crippen molar-refractivity contribution >= 4 is 11.3 Å². The predicted molar refractivity (Wildman–Crippen MR) is 83.7 cm³/mol. The van der Waals surface area contributed by atoms with E-state index in [1.807, 2.05) is 13.0 Å². The van der Waals surface area contributed by atoms with Crippen LogP contribution in [0.4, 0.5) is 4.39 Å². The fourth-order valence-electron chi connectivity index (χ4n) is 2.11. The van der Waals surface area contributed by atoms with Crippen molar-refractivity contribution in [2.45, 2.75) is 40.2 Å². The van der Waals surface area contributed by atoms with Gasteiger partial charge in [-0.15, -0.1) is 11.3 Å². The van der Waals surface area contributed by atoms with Gasteiger partial charge in [-0.2, -0.15) is 0 Å². The minimum Gasteiger partial charge on any atom is -0.309 e. The number of aromatic nitrogens is 1. The third-order valence-corrected chi connectivity index (χ3v) is 4.73. The number of hydrogen-bond donors (Lipinski definition) is 1. The zero-order chi connectivity index (χ0) is 14.7. The monoisotopic (exact) mass is 292 g/mol. The zero-order valence-corrected chi connectivity index (χ0v) is 13.3. The van der Waals surface area contributed by atoms with Crippen LogP contribution >= 0.6 is 11.3 Å². The molecular weight excluding hydrogens is 271 g/mol. The van der Waals surface area contributed by atoms with Crippen molar-refractivity contribution in [1.82, 2.24) is 10.3 Å². The molecule has 4 heteroatoms. The molecule has 0 saturated heterocycles. The molecule has 2 rings (SSSR count). The number of hydrogen-bond acceptors (Lipinski definition) is 3. The molecular formula is C16H21FN2S.